The Kier molecular flexibility index (Phi) is 10.2. The van der Waals surface area contributed by atoms with Crippen LogP contribution >= 0.6 is 0 Å². The van der Waals surface area contributed by atoms with Crippen LogP contribution in [-0.2, 0) is 0 Å². The number of benzene rings is 7. The van der Waals surface area contributed by atoms with Crippen molar-refractivity contribution in [2.45, 2.75) is 25.7 Å². The summed E-state index contributed by atoms with van der Waals surface area (Å²) in [6.07, 6.45) is 17.2. The lowest BCUT2D eigenvalue weighted by atomic mass is 9.95. The molecule has 1 heterocycles. The molecule has 2 aliphatic rings. The molecule has 62 heavy (non-hydrogen) atoms. The van der Waals surface area contributed by atoms with E-state index in [1.54, 1.807) is 0 Å². The lowest BCUT2D eigenvalue weighted by molar-refractivity contribution is 1.04. The van der Waals surface area contributed by atoms with Gasteiger partial charge in [0.1, 0.15) is 23.3 Å². The maximum absolute atomic E-state index is 11.7. The number of nitrogens with zero attached hydrogens (tertiary/aromatic N) is 3. The van der Waals surface area contributed by atoms with E-state index in [2.05, 4.69) is 136 Å². The molecule has 8 aromatic rings. The molecule has 0 spiro atoms. The number of para-hydroxylation sites is 5. The van der Waals surface area contributed by atoms with Gasteiger partial charge in [-0.05, 0) is 72.7 Å². The number of rotatable bonds is 10. The van der Waals surface area contributed by atoms with Crippen molar-refractivity contribution in [1.29, 1.82) is 10.5 Å². The van der Waals surface area contributed by atoms with Crippen LogP contribution in [0.25, 0.3) is 49.8 Å². The fourth-order valence-corrected chi connectivity index (χ4v) is 8.90. The van der Waals surface area contributed by atoms with Gasteiger partial charge in [-0.2, -0.15) is 10.5 Å². The Morgan fingerprint density at radius 2 is 0.839 bits per heavy atom. The van der Waals surface area contributed by atoms with Crippen LogP contribution in [0.1, 0.15) is 47.9 Å². The van der Waals surface area contributed by atoms with Crippen LogP contribution in [0.2, 0.25) is 0 Å². The van der Waals surface area contributed by atoms with Crippen molar-refractivity contribution >= 4 is 67.1 Å². The van der Waals surface area contributed by atoms with Gasteiger partial charge in [0.25, 0.3) is 0 Å². The molecule has 0 amide bonds. The predicted molar refractivity (Wildman–Crippen MR) is 258 cm³/mol. The van der Waals surface area contributed by atoms with Gasteiger partial charge in [0.05, 0.1) is 33.8 Å². The molecule has 0 atom stereocenters. The van der Waals surface area contributed by atoms with Crippen molar-refractivity contribution in [2.75, 3.05) is 16.0 Å². The highest BCUT2D eigenvalue weighted by Gasteiger charge is 2.30. The van der Waals surface area contributed by atoms with Gasteiger partial charge in [0.2, 0.25) is 0 Å². The Bertz CT molecular complexity index is 3070. The molecule has 0 bridgehead atoms. The summed E-state index contributed by atoms with van der Waals surface area (Å²) in [5.74, 6) is 0. The van der Waals surface area contributed by atoms with Crippen LogP contribution in [-0.4, -0.2) is 4.57 Å². The van der Waals surface area contributed by atoms with E-state index >= 15 is 0 Å². The Balaban J connectivity index is 1.32. The molecule has 0 saturated carbocycles. The number of nitriles is 2. The molecule has 0 radical (unpaired) electrons. The van der Waals surface area contributed by atoms with Crippen LogP contribution in [0, 0.1) is 22.7 Å². The average Bonchev–Trinajstić information content (AvgIpc) is 3.67. The Morgan fingerprint density at radius 3 is 1.32 bits per heavy atom. The number of fused-ring (bicyclic) bond motifs is 3. The van der Waals surface area contributed by atoms with Crippen molar-refractivity contribution in [2.24, 2.45) is 0 Å². The fourth-order valence-electron chi connectivity index (χ4n) is 8.90. The zero-order chi connectivity index (χ0) is 41.8. The number of nitrogens with one attached hydrogen (secondary N) is 3. The summed E-state index contributed by atoms with van der Waals surface area (Å²) in [6.45, 7) is 0. The third-order valence-electron chi connectivity index (χ3n) is 11.8. The summed E-state index contributed by atoms with van der Waals surface area (Å²) < 4.78 is 2.09. The largest absolute Gasteiger partial charge is 0.352 e. The second-order valence-electron chi connectivity index (χ2n) is 15.5. The smallest absolute Gasteiger partial charge is 0.104 e. The van der Waals surface area contributed by atoms with E-state index in [1.165, 1.54) is 0 Å². The molecular formula is C56H42N6. The van der Waals surface area contributed by atoms with Gasteiger partial charge in [-0.1, -0.05) is 158 Å². The summed E-state index contributed by atoms with van der Waals surface area (Å²) >= 11 is 0. The van der Waals surface area contributed by atoms with E-state index in [-0.39, 0.29) is 0 Å². The molecule has 6 heteroatoms. The molecule has 1 aromatic heterocycles. The van der Waals surface area contributed by atoms with Gasteiger partial charge in [-0.3, -0.25) is 0 Å². The minimum atomic E-state index is 0.326. The molecule has 10 rings (SSSR count). The predicted octanol–water partition coefficient (Wildman–Crippen LogP) is 14.9. The van der Waals surface area contributed by atoms with Crippen molar-refractivity contribution in [1.82, 2.24) is 4.57 Å². The molecule has 0 unspecified atom stereocenters. The molecule has 6 nitrogen and oxygen atoms in total. The van der Waals surface area contributed by atoms with E-state index in [1.807, 2.05) is 84.9 Å². The standard InChI is InChI=1S/C56H42N6/c57-36-46-53(59-48-31-15-10-26-41(48)38-20-4-1-5-21-38)55(61-50-33-17-12-28-43(50)40-24-8-3-9-25-40)54(60-49-32-16-11-27-42(49)39-22-6-2-7-23-39)47(37-58)56(46)62-51-34-18-13-29-44(51)45-30-14-19-35-52(45)62/h3-4,6,8-35,59-61H,1-2,5,7H2. The Hall–Kier alpha value is -8.32. The number of hydrogen-bond donors (Lipinski definition) is 3. The van der Waals surface area contributed by atoms with Gasteiger partial charge in [-0.25, -0.2) is 0 Å². The number of anilines is 6. The van der Waals surface area contributed by atoms with Crippen LogP contribution < -0.4 is 16.0 Å². The number of hydrogen-bond acceptors (Lipinski definition) is 5. The Morgan fingerprint density at radius 1 is 0.419 bits per heavy atom. The first-order valence-corrected chi connectivity index (χ1v) is 21.1. The van der Waals surface area contributed by atoms with E-state index in [0.717, 1.165) is 98.0 Å². The third-order valence-corrected chi connectivity index (χ3v) is 11.8. The SMILES string of the molecule is N#Cc1c(Nc2ccccc2C2=CCCC=C2)c(Nc2ccccc2-c2ccccc2)c(Nc2ccccc2C2=CCCC=C2)c(C#N)c1-n1c2ccccc2c2ccccc21. The summed E-state index contributed by atoms with van der Waals surface area (Å²) in [5, 5.41) is 37.0. The van der Waals surface area contributed by atoms with Gasteiger partial charge in [0, 0.05) is 44.5 Å². The van der Waals surface area contributed by atoms with Crippen molar-refractivity contribution < 1.29 is 0 Å². The first-order chi connectivity index (χ1) is 30.7. The zero-order valence-electron chi connectivity index (χ0n) is 34.1. The fraction of sp³-hybridized carbons (Fsp3) is 0.0714. The van der Waals surface area contributed by atoms with Gasteiger partial charge in [0.15, 0.2) is 0 Å². The molecule has 0 fully saturated rings. The molecular weight excluding hydrogens is 757 g/mol. The van der Waals surface area contributed by atoms with Crippen molar-refractivity contribution in [3.05, 3.63) is 210 Å². The number of aromatic nitrogens is 1. The van der Waals surface area contributed by atoms with E-state index in [0.29, 0.717) is 33.9 Å². The quantitative estimate of drug-likeness (QED) is 0.128. The summed E-state index contributed by atoms with van der Waals surface area (Å²) in [6, 6.07) is 56.6. The second kappa shape index (κ2) is 16.7. The Labute approximate surface area is 361 Å². The summed E-state index contributed by atoms with van der Waals surface area (Å²) in [4.78, 5) is 0. The van der Waals surface area contributed by atoms with E-state index in [4.69, 9.17) is 0 Å². The first kappa shape index (κ1) is 37.9. The summed E-state index contributed by atoms with van der Waals surface area (Å²) in [5.41, 5.74) is 13.3. The van der Waals surface area contributed by atoms with Crippen molar-refractivity contribution in [3.8, 4) is 29.0 Å². The van der Waals surface area contributed by atoms with Crippen LogP contribution in [0.5, 0.6) is 0 Å². The minimum Gasteiger partial charge on any atom is -0.352 e. The molecule has 0 saturated heterocycles. The zero-order valence-corrected chi connectivity index (χ0v) is 34.1. The molecule has 2 aliphatic carbocycles. The second-order valence-corrected chi connectivity index (χ2v) is 15.5. The minimum absolute atomic E-state index is 0.326. The maximum atomic E-state index is 11.7. The lowest BCUT2D eigenvalue weighted by Crippen LogP contribution is -2.12. The molecule has 7 aromatic carbocycles. The molecule has 296 valence electrons. The number of allylic oxidation sites excluding steroid dienone is 8. The monoisotopic (exact) mass is 798 g/mol. The highest BCUT2D eigenvalue weighted by Crippen LogP contribution is 2.49. The molecule has 3 N–H and O–H groups in total. The average molecular weight is 799 g/mol. The van der Waals surface area contributed by atoms with E-state index < -0.39 is 0 Å². The van der Waals surface area contributed by atoms with Gasteiger partial charge in [-0.15, -0.1) is 0 Å². The van der Waals surface area contributed by atoms with Crippen LogP contribution in [0.4, 0.5) is 34.1 Å². The van der Waals surface area contributed by atoms with Crippen LogP contribution in [0.15, 0.2) is 188 Å². The maximum Gasteiger partial charge on any atom is 0.104 e. The normalized spacial score (nSPS) is 13.3. The highest BCUT2D eigenvalue weighted by atomic mass is 15.1. The van der Waals surface area contributed by atoms with Gasteiger partial charge < -0.3 is 20.5 Å². The van der Waals surface area contributed by atoms with Crippen LogP contribution in [0.3, 0.4) is 0 Å². The molecule has 0 aliphatic heterocycles. The lowest BCUT2D eigenvalue weighted by Gasteiger charge is -2.27. The third kappa shape index (κ3) is 6.90. The topological polar surface area (TPSA) is 88.6 Å². The van der Waals surface area contributed by atoms with E-state index in [9.17, 15) is 10.5 Å². The highest BCUT2D eigenvalue weighted by molar-refractivity contribution is 6.11. The summed E-state index contributed by atoms with van der Waals surface area (Å²) in [7, 11) is 0. The first-order valence-electron chi connectivity index (χ1n) is 21.1. The van der Waals surface area contributed by atoms with Gasteiger partial charge >= 0.3 is 0 Å². The van der Waals surface area contributed by atoms with Crippen molar-refractivity contribution in [3.63, 3.8) is 0 Å².